The van der Waals surface area contributed by atoms with Crippen LogP contribution in [0.2, 0.25) is 0 Å². The summed E-state index contributed by atoms with van der Waals surface area (Å²) in [4.78, 5) is 0. The van der Waals surface area contributed by atoms with Crippen LogP contribution in [-0.2, 0) is 44.8 Å². The van der Waals surface area contributed by atoms with E-state index in [9.17, 15) is 0 Å². The molecular weight excluding hydrogens is 318 g/mol. The van der Waals surface area contributed by atoms with Gasteiger partial charge in [0.15, 0.2) is 0 Å². The number of hydrogen-bond donors (Lipinski definition) is 2. The van der Waals surface area contributed by atoms with E-state index in [1.54, 1.807) is 0 Å². The van der Waals surface area contributed by atoms with Gasteiger partial charge in [-0.3, -0.25) is 9.11 Å². The number of halogens is 3. The SMILES string of the molecule is Cl.Cl.Cl.O=S(=O)(O)O.[Cr].[Cu]. The zero-order valence-corrected chi connectivity index (χ0v) is 9.54. The standard InChI is InChI=1S/3ClH.Cr.Cu.H2O4S/c;;;;;1-5(2,3)4/h3*1H;;;(H2,1,2,3,4). The Kier molecular flexibility index (Phi) is 69.8. The molecule has 0 aromatic heterocycles. The summed E-state index contributed by atoms with van der Waals surface area (Å²) in [5.74, 6) is 0. The molecule has 0 unspecified atom stereocenters. The van der Waals surface area contributed by atoms with Gasteiger partial charge in [0.05, 0.1) is 0 Å². The summed E-state index contributed by atoms with van der Waals surface area (Å²) < 4.78 is 31.6. The van der Waals surface area contributed by atoms with Crippen LogP contribution in [0.4, 0.5) is 0 Å². The Balaban J connectivity index is -0.00000000800. The summed E-state index contributed by atoms with van der Waals surface area (Å²) in [5.41, 5.74) is 0. The van der Waals surface area contributed by atoms with Crippen LogP contribution in [0.15, 0.2) is 0 Å². The van der Waals surface area contributed by atoms with Crippen molar-refractivity contribution < 1.29 is 52.0 Å². The Morgan fingerprint density at radius 1 is 0.900 bits per heavy atom. The van der Waals surface area contributed by atoms with Crippen molar-refractivity contribution in [1.29, 1.82) is 0 Å². The second-order valence-corrected chi connectivity index (χ2v) is 1.34. The first-order valence-corrected chi connectivity index (χ1v) is 2.10. The fourth-order valence-corrected chi connectivity index (χ4v) is 0. The van der Waals surface area contributed by atoms with E-state index in [4.69, 9.17) is 17.5 Å². The van der Waals surface area contributed by atoms with Crippen molar-refractivity contribution in [3.8, 4) is 0 Å². The fraction of sp³-hybridized carbons (Fsp3) is 0. The quantitative estimate of drug-likeness (QED) is 0.506. The van der Waals surface area contributed by atoms with Crippen molar-refractivity contribution in [2.45, 2.75) is 0 Å². The first-order chi connectivity index (χ1) is 2.00. The normalized spacial score (nSPS) is 5.80. The van der Waals surface area contributed by atoms with Crippen LogP contribution in [0.25, 0.3) is 0 Å². The van der Waals surface area contributed by atoms with Gasteiger partial charge in [-0.2, -0.15) is 8.42 Å². The second-order valence-electron chi connectivity index (χ2n) is 0.448. The molecule has 0 bridgehead atoms. The van der Waals surface area contributed by atoms with Gasteiger partial charge in [-0.25, -0.2) is 0 Å². The molecule has 4 nitrogen and oxygen atoms in total. The first-order valence-electron chi connectivity index (χ1n) is 0.698. The molecule has 0 heterocycles. The molecule has 0 aromatic rings. The summed E-state index contributed by atoms with van der Waals surface area (Å²) >= 11 is 0. The van der Waals surface area contributed by atoms with Gasteiger partial charge in [-0.15, -0.1) is 37.2 Å². The van der Waals surface area contributed by atoms with Gasteiger partial charge in [0.1, 0.15) is 0 Å². The molecule has 10 heavy (non-hydrogen) atoms. The molecule has 0 aliphatic rings. The van der Waals surface area contributed by atoms with Gasteiger partial charge >= 0.3 is 10.4 Å². The van der Waals surface area contributed by atoms with Crippen LogP contribution in [0.1, 0.15) is 0 Å². The van der Waals surface area contributed by atoms with E-state index in [-0.39, 0.29) is 71.7 Å². The molecule has 0 saturated heterocycles. The minimum atomic E-state index is -4.67. The average molecular weight is 323 g/mol. The smallest absolute Gasteiger partial charge is 0.264 e. The van der Waals surface area contributed by atoms with Crippen molar-refractivity contribution in [3.63, 3.8) is 0 Å². The summed E-state index contributed by atoms with van der Waals surface area (Å²) in [6, 6.07) is 0. The third kappa shape index (κ3) is 236. The van der Waals surface area contributed by atoms with Crippen molar-refractivity contribution in [2.24, 2.45) is 0 Å². The van der Waals surface area contributed by atoms with Crippen molar-refractivity contribution in [2.75, 3.05) is 0 Å². The van der Waals surface area contributed by atoms with Gasteiger partial charge in [0, 0.05) is 34.4 Å². The van der Waals surface area contributed by atoms with Crippen LogP contribution in [-0.4, -0.2) is 17.5 Å². The van der Waals surface area contributed by atoms with E-state index in [2.05, 4.69) is 0 Å². The molecule has 10 heteroatoms. The molecule has 0 spiro atoms. The maximum atomic E-state index is 8.74. The molecular formula is H5Cl3CrCuO4S. The van der Waals surface area contributed by atoms with Crippen molar-refractivity contribution >= 4 is 47.6 Å². The van der Waals surface area contributed by atoms with Crippen LogP contribution in [0.3, 0.4) is 0 Å². The van der Waals surface area contributed by atoms with Gasteiger partial charge < -0.3 is 0 Å². The van der Waals surface area contributed by atoms with E-state index in [0.717, 1.165) is 0 Å². The van der Waals surface area contributed by atoms with Gasteiger partial charge in [0.2, 0.25) is 0 Å². The molecule has 0 aromatic carbocycles. The second kappa shape index (κ2) is 17.0. The molecule has 73 valence electrons. The predicted molar refractivity (Wildman–Crippen MR) is 35.9 cm³/mol. The van der Waals surface area contributed by atoms with Gasteiger partial charge in [-0.1, -0.05) is 0 Å². The van der Waals surface area contributed by atoms with E-state index >= 15 is 0 Å². The number of rotatable bonds is 0. The Labute approximate surface area is 98.9 Å². The Hall–Kier alpha value is 1.79. The zero-order chi connectivity index (χ0) is 4.50. The van der Waals surface area contributed by atoms with E-state index < -0.39 is 10.4 Å². The Morgan fingerprint density at radius 3 is 0.900 bits per heavy atom. The van der Waals surface area contributed by atoms with Gasteiger partial charge in [-0.05, 0) is 0 Å². The molecule has 2 N–H and O–H groups in total. The molecule has 0 saturated carbocycles. The minimum absolute atomic E-state index is 0. The topological polar surface area (TPSA) is 74.6 Å². The molecule has 0 rings (SSSR count). The largest absolute Gasteiger partial charge is 0.394 e. The van der Waals surface area contributed by atoms with Crippen LogP contribution < -0.4 is 0 Å². The van der Waals surface area contributed by atoms with E-state index in [1.165, 1.54) is 0 Å². The summed E-state index contributed by atoms with van der Waals surface area (Å²) in [6.45, 7) is 0. The van der Waals surface area contributed by atoms with Crippen LogP contribution >= 0.6 is 37.2 Å². The summed E-state index contributed by atoms with van der Waals surface area (Å²) in [5, 5.41) is 0. The molecule has 0 atom stereocenters. The van der Waals surface area contributed by atoms with E-state index in [1.807, 2.05) is 0 Å². The van der Waals surface area contributed by atoms with Crippen LogP contribution in [0, 0.1) is 0 Å². The molecule has 0 aliphatic carbocycles. The fourth-order valence-electron chi connectivity index (χ4n) is 0. The first kappa shape index (κ1) is 40.9. The summed E-state index contributed by atoms with van der Waals surface area (Å²) in [7, 11) is -4.67. The maximum Gasteiger partial charge on any atom is 0.394 e. The zero-order valence-electron chi connectivity index (χ0n) is 4.05. The molecule has 0 amide bonds. The maximum absolute atomic E-state index is 8.74. The van der Waals surface area contributed by atoms with Crippen LogP contribution in [0.5, 0.6) is 0 Å². The minimum Gasteiger partial charge on any atom is -0.264 e. The predicted octanol–water partition coefficient (Wildman–Crippen LogP) is 0.608. The third-order valence-electron chi connectivity index (χ3n) is 0. The Bertz CT molecular complexity index is 104. The van der Waals surface area contributed by atoms with E-state index in [0.29, 0.717) is 0 Å². The summed E-state index contributed by atoms with van der Waals surface area (Å²) in [6.07, 6.45) is 0. The molecule has 0 aliphatic heterocycles. The molecule has 0 fully saturated rings. The Morgan fingerprint density at radius 2 is 0.900 bits per heavy atom. The average Bonchev–Trinajstić information content (AvgIpc) is 0.722. The molecule has 1 radical (unpaired) electrons. The third-order valence-corrected chi connectivity index (χ3v) is 0. The van der Waals surface area contributed by atoms with Crippen molar-refractivity contribution in [3.05, 3.63) is 0 Å². The number of hydrogen-bond acceptors (Lipinski definition) is 2. The van der Waals surface area contributed by atoms with Crippen molar-refractivity contribution in [1.82, 2.24) is 0 Å². The monoisotopic (exact) mass is 321 g/mol. The van der Waals surface area contributed by atoms with Gasteiger partial charge in [0.25, 0.3) is 0 Å².